The van der Waals surface area contributed by atoms with Gasteiger partial charge in [0.05, 0.1) is 17.2 Å². The van der Waals surface area contributed by atoms with E-state index in [1.807, 2.05) is 76.8 Å². The van der Waals surface area contributed by atoms with E-state index in [4.69, 9.17) is 9.84 Å². The van der Waals surface area contributed by atoms with E-state index < -0.39 is 12.0 Å². The Balaban J connectivity index is 0.000000236. The van der Waals surface area contributed by atoms with Crippen LogP contribution in [0.1, 0.15) is 11.1 Å². The number of benzene rings is 2. The van der Waals surface area contributed by atoms with Crippen LogP contribution in [0.3, 0.4) is 0 Å². The van der Waals surface area contributed by atoms with E-state index in [1.165, 1.54) is 30.2 Å². The van der Waals surface area contributed by atoms with Crippen molar-refractivity contribution in [3.05, 3.63) is 96.1 Å². The van der Waals surface area contributed by atoms with Crippen LogP contribution < -0.4 is 9.80 Å². The van der Waals surface area contributed by atoms with Crippen molar-refractivity contribution in [2.45, 2.75) is 12.1 Å². The van der Waals surface area contributed by atoms with E-state index in [0.29, 0.717) is 11.5 Å². The number of methoxy groups -OCH3 is 1. The van der Waals surface area contributed by atoms with Gasteiger partial charge in [0, 0.05) is 51.1 Å². The normalized spacial score (nSPS) is 18.2. The van der Waals surface area contributed by atoms with Crippen molar-refractivity contribution in [3.63, 3.8) is 0 Å². The number of rotatable bonds is 10. The maximum atomic E-state index is 11.4. The fourth-order valence-electron chi connectivity index (χ4n) is 3.73. The van der Waals surface area contributed by atoms with Crippen LogP contribution in [-0.4, -0.2) is 86.0 Å². The Morgan fingerprint density at radius 2 is 1.12 bits per heavy atom. The largest absolute Gasteiger partial charge is 0.480 e. The number of allylic oxidation sites excluding steroid dienone is 4. The molecular weight excluding hydrogens is 581 g/mol. The summed E-state index contributed by atoms with van der Waals surface area (Å²) in [7, 11) is 9.46. The average Bonchev–Trinajstić information content (AvgIpc) is 3.68. The Labute approximate surface area is 262 Å². The lowest BCUT2D eigenvalue weighted by Crippen LogP contribution is -2.19. The maximum Gasteiger partial charge on any atom is 0.331 e. The van der Waals surface area contributed by atoms with E-state index in [9.17, 15) is 9.59 Å². The second kappa shape index (κ2) is 17.2. The summed E-state index contributed by atoms with van der Waals surface area (Å²) in [6.45, 7) is 0. The Hall–Kier alpha value is -4.02. The minimum absolute atomic E-state index is 0.271. The summed E-state index contributed by atoms with van der Waals surface area (Å²) in [6, 6.07) is 15.6. The third kappa shape index (κ3) is 11.3. The highest BCUT2D eigenvalue weighted by Crippen LogP contribution is 2.21. The Bertz CT molecular complexity index is 1410. The number of aliphatic carboxylic acids is 1. The molecule has 4 rings (SSSR count). The van der Waals surface area contributed by atoms with Crippen molar-refractivity contribution in [3.8, 4) is 0 Å². The predicted molar refractivity (Wildman–Crippen MR) is 185 cm³/mol. The number of aliphatic imine (C=N–C) groups is 2. The van der Waals surface area contributed by atoms with Crippen LogP contribution in [0.5, 0.6) is 0 Å². The van der Waals surface area contributed by atoms with E-state index in [2.05, 4.69) is 68.3 Å². The molecule has 0 saturated carbocycles. The average molecular weight is 619 g/mol. The number of ether oxygens (including phenoxy) is 1. The molecule has 1 N–H and O–H groups in total. The van der Waals surface area contributed by atoms with Crippen LogP contribution in [0.2, 0.25) is 0 Å². The Kier molecular flexibility index (Phi) is 13.4. The summed E-state index contributed by atoms with van der Waals surface area (Å²) in [6.07, 6.45) is 15.5. The fraction of sp³-hybridized carbons (Fsp3) is 0.273. The molecule has 43 heavy (non-hydrogen) atoms. The van der Waals surface area contributed by atoms with Gasteiger partial charge in [-0.25, -0.2) is 9.59 Å². The van der Waals surface area contributed by atoms with E-state index in [0.717, 1.165) is 21.2 Å². The van der Waals surface area contributed by atoms with Gasteiger partial charge in [-0.15, -0.1) is 23.5 Å². The number of thioether (sulfide) groups is 2. The smallest absolute Gasteiger partial charge is 0.331 e. The molecule has 2 aromatic rings. The van der Waals surface area contributed by atoms with Crippen molar-refractivity contribution in [1.82, 2.24) is 0 Å². The number of carbonyl (C=O) groups excluding carboxylic acids is 1. The van der Waals surface area contributed by atoms with Crippen molar-refractivity contribution in [2.75, 3.05) is 56.6 Å². The zero-order valence-electron chi connectivity index (χ0n) is 25.1. The highest BCUT2D eigenvalue weighted by molar-refractivity contribution is 8.14. The number of anilines is 2. The van der Waals surface area contributed by atoms with Gasteiger partial charge in [0.2, 0.25) is 0 Å². The number of hydrogen-bond donors (Lipinski definition) is 1. The quantitative estimate of drug-likeness (QED) is 0.259. The molecule has 2 aliphatic heterocycles. The summed E-state index contributed by atoms with van der Waals surface area (Å²) in [4.78, 5) is 34.7. The van der Waals surface area contributed by atoms with E-state index in [-0.39, 0.29) is 12.0 Å². The van der Waals surface area contributed by atoms with Gasteiger partial charge in [0.1, 0.15) is 0 Å². The molecule has 0 aromatic heterocycles. The molecule has 0 unspecified atom stereocenters. The molecule has 8 nitrogen and oxygen atoms in total. The van der Waals surface area contributed by atoms with Gasteiger partial charge >= 0.3 is 11.9 Å². The van der Waals surface area contributed by atoms with Crippen molar-refractivity contribution < 1.29 is 19.4 Å². The van der Waals surface area contributed by atoms with Gasteiger partial charge in [0.25, 0.3) is 0 Å². The SMILES string of the molecule is CN(C)c1ccc(/C=C/C=C/C2=N[C@@H](C(=O)O)CS2)cc1.COC(=O)[C@H]1CSC(/C=C/C=C/c2ccc(N(C)C)cc2)=N1. The molecular formula is C33H38N4O4S2. The highest BCUT2D eigenvalue weighted by Gasteiger charge is 2.24. The first kappa shape index (κ1) is 33.5. The van der Waals surface area contributed by atoms with Gasteiger partial charge in [-0.05, 0) is 47.5 Å². The molecule has 0 spiro atoms. The van der Waals surface area contributed by atoms with E-state index in [1.54, 1.807) is 11.8 Å². The van der Waals surface area contributed by atoms with E-state index >= 15 is 0 Å². The summed E-state index contributed by atoms with van der Waals surface area (Å²) >= 11 is 3.04. The molecule has 2 heterocycles. The third-order valence-corrected chi connectivity index (χ3v) is 8.24. The molecule has 0 fully saturated rings. The zero-order valence-corrected chi connectivity index (χ0v) is 26.7. The number of carboxylic acid groups (broad SMARTS) is 1. The summed E-state index contributed by atoms with van der Waals surface area (Å²) in [5.41, 5.74) is 4.61. The standard InChI is InChI=1S/C17H20N2O2S.C16H18N2O2S/c1-19(2)14-10-8-13(9-11-14)6-4-5-7-16-18-15(12-22-16)17(20)21-3;1-18(2)13-9-7-12(8-10-13)5-3-4-6-15-17-14(11-21-15)16(19)20/h4-11,15H,12H2,1-3H3;3-10,14H,11H2,1-2H3,(H,19,20)/b6-4+,7-5+;5-3+,6-4+/t15-;14-/m11/s1. The summed E-state index contributed by atoms with van der Waals surface area (Å²) in [5, 5.41) is 10.5. The summed E-state index contributed by atoms with van der Waals surface area (Å²) in [5.74, 6) is 0.0436. The van der Waals surface area contributed by atoms with Gasteiger partial charge in [-0.2, -0.15) is 0 Å². The fourth-order valence-corrected chi connectivity index (χ4v) is 5.56. The number of nitrogens with zero attached hydrogens (tertiary/aromatic N) is 4. The molecule has 226 valence electrons. The number of hydrogen-bond acceptors (Lipinski definition) is 9. The lowest BCUT2D eigenvalue weighted by Gasteiger charge is -2.11. The Morgan fingerprint density at radius 3 is 1.49 bits per heavy atom. The van der Waals surface area contributed by atoms with Gasteiger partial charge in [-0.1, -0.05) is 60.7 Å². The lowest BCUT2D eigenvalue weighted by atomic mass is 10.2. The van der Waals surface area contributed by atoms with Gasteiger partial charge in [-0.3, -0.25) is 9.98 Å². The van der Waals surface area contributed by atoms with Gasteiger partial charge < -0.3 is 19.6 Å². The lowest BCUT2D eigenvalue weighted by molar-refractivity contribution is -0.141. The number of carbonyl (C=O) groups is 2. The highest BCUT2D eigenvalue weighted by atomic mass is 32.2. The van der Waals surface area contributed by atoms with Crippen molar-refractivity contribution >= 4 is 69.1 Å². The van der Waals surface area contributed by atoms with Crippen LogP contribution in [-0.2, 0) is 14.3 Å². The topological polar surface area (TPSA) is 94.8 Å². The van der Waals surface area contributed by atoms with Crippen LogP contribution in [0.4, 0.5) is 11.4 Å². The molecule has 10 heteroatoms. The van der Waals surface area contributed by atoms with Crippen LogP contribution in [0, 0.1) is 0 Å². The minimum atomic E-state index is -0.859. The predicted octanol–water partition coefficient (Wildman–Crippen LogP) is 5.93. The monoisotopic (exact) mass is 618 g/mol. The van der Waals surface area contributed by atoms with Crippen molar-refractivity contribution in [1.29, 1.82) is 0 Å². The van der Waals surface area contributed by atoms with Crippen LogP contribution >= 0.6 is 23.5 Å². The second-order valence-electron chi connectivity index (χ2n) is 9.86. The number of esters is 1. The van der Waals surface area contributed by atoms with Crippen molar-refractivity contribution in [2.24, 2.45) is 9.98 Å². The van der Waals surface area contributed by atoms with Crippen LogP contribution in [0.15, 0.2) is 95.0 Å². The molecule has 2 aromatic carbocycles. The van der Waals surface area contributed by atoms with Gasteiger partial charge in [0.15, 0.2) is 12.1 Å². The summed E-state index contributed by atoms with van der Waals surface area (Å²) < 4.78 is 4.69. The third-order valence-electron chi connectivity index (χ3n) is 6.20. The molecule has 0 amide bonds. The first-order valence-corrected chi connectivity index (χ1v) is 15.6. The molecule has 0 saturated heterocycles. The first-order valence-electron chi connectivity index (χ1n) is 13.6. The second-order valence-corrected chi connectivity index (χ2v) is 11.9. The molecule has 0 aliphatic carbocycles. The number of carboxylic acids is 1. The first-order chi connectivity index (χ1) is 20.7. The Morgan fingerprint density at radius 1 is 0.721 bits per heavy atom. The molecule has 0 radical (unpaired) electrons. The minimum Gasteiger partial charge on any atom is -0.480 e. The molecule has 2 atom stereocenters. The zero-order chi connectivity index (χ0) is 31.2. The van der Waals surface area contributed by atoms with Crippen LogP contribution in [0.25, 0.3) is 12.2 Å². The molecule has 0 bridgehead atoms. The maximum absolute atomic E-state index is 11.4. The molecule has 2 aliphatic rings.